The molecule has 0 radical (unpaired) electrons. The van der Waals surface area contributed by atoms with Crippen LogP contribution in [-0.2, 0) is 16.0 Å². The zero-order chi connectivity index (χ0) is 19.2. The van der Waals surface area contributed by atoms with E-state index in [0.717, 1.165) is 40.2 Å². The molecule has 0 bridgehead atoms. The SMILES string of the molecule is CCc1cc(/C(=N/OCCSC)OC)cnc1-c1nc2cc(C)ccn2n1. The first kappa shape index (κ1) is 19.2. The molecule has 0 saturated carbocycles. The zero-order valence-corrected chi connectivity index (χ0v) is 16.8. The lowest BCUT2D eigenvalue weighted by molar-refractivity contribution is 0.152. The van der Waals surface area contributed by atoms with Gasteiger partial charge < -0.3 is 9.57 Å². The van der Waals surface area contributed by atoms with Crippen molar-refractivity contribution in [1.29, 1.82) is 0 Å². The number of fused-ring (bicyclic) bond motifs is 1. The van der Waals surface area contributed by atoms with E-state index in [4.69, 9.17) is 9.57 Å². The van der Waals surface area contributed by atoms with Gasteiger partial charge in [0.15, 0.2) is 5.65 Å². The second-order valence-corrected chi connectivity index (χ2v) is 6.94. The van der Waals surface area contributed by atoms with Crippen molar-refractivity contribution < 1.29 is 9.57 Å². The Kier molecular flexibility index (Phi) is 6.28. The van der Waals surface area contributed by atoms with Gasteiger partial charge in [0.1, 0.15) is 12.3 Å². The first-order valence-electron chi connectivity index (χ1n) is 8.71. The molecule has 3 aromatic rings. The minimum Gasteiger partial charge on any atom is -0.478 e. The lowest BCUT2D eigenvalue weighted by Crippen LogP contribution is -2.08. The smallest absolute Gasteiger partial charge is 0.258 e. The molecule has 3 aromatic heterocycles. The number of oxime groups is 1. The largest absolute Gasteiger partial charge is 0.478 e. The summed E-state index contributed by atoms with van der Waals surface area (Å²) in [5, 5.41) is 8.63. The van der Waals surface area contributed by atoms with E-state index in [0.29, 0.717) is 18.3 Å². The van der Waals surface area contributed by atoms with Gasteiger partial charge in [0.2, 0.25) is 5.82 Å². The minimum atomic E-state index is 0.406. The van der Waals surface area contributed by atoms with Crippen molar-refractivity contribution in [3.63, 3.8) is 0 Å². The van der Waals surface area contributed by atoms with Crippen LogP contribution in [0.1, 0.15) is 23.6 Å². The Morgan fingerprint density at radius 1 is 1.33 bits per heavy atom. The number of aryl methyl sites for hydroxylation is 2. The molecule has 0 aliphatic heterocycles. The number of methoxy groups -OCH3 is 1. The number of nitrogens with zero attached hydrogens (tertiary/aromatic N) is 5. The summed E-state index contributed by atoms with van der Waals surface area (Å²) < 4.78 is 7.13. The van der Waals surface area contributed by atoms with Crippen molar-refractivity contribution in [2.24, 2.45) is 5.16 Å². The van der Waals surface area contributed by atoms with Crippen molar-refractivity contribution in [2.45, 2.75) is 20.3 Å². The summed E-state index contributed by atoms with van der Waals surface area (Å²) in [6.45, 7) is 4.64. The van der Waals surface area contributed by atoms with Crippen LogP contribution in [0, 0.1) is 6.92 Å². The molecule has 0 unspecified atom stereocenters. The third-order valence-corrected chi connectivity index (χ3v) is 4.59. The molecule has 3 rings (SSSR count). The molecule has 0 atom stereocenters. The van der Waals surface area contributed by atoms with Gasteiger partial charge in [-0.1, -0.05) is 6.92 Å². The van der Waals surface area contributed by atoms with E-state index in [1.807, 2.05) is 37.6 Å². The Bertz CT molecular complexity index is 954. The normalized spacial score (nSPS) is 11.8. The Labute approximate surface area is 162 Å². The van der Waals surface area contributed by atoms with Gasteiger partial charge in [-0.2, -0.15) is 11.8 Å². The molecule has 7 nitrogen and oxygen atoms in total. The van der Waals surface area contributed by atoms with Crippen molar-refractivity contribution in [2.75, 3.05) is 25.7 Å². The second-order valence-electron chi connectivity index (χ2n) is 5.95. The van der Waals surface area contributed by atoms with Gasteiger partial charge in [-0.15, -0.1) is 5.10 Å². The van der Waals surface area contributed by atoms with Gasteiger partial charge in [0.25, 0.3) is 5.90 Å². The third kappa shape index (κ3) is 4.39. The molecule has 0 saturated heterocycles. The Morgan fingerprint density at radius 2 is 2.19 bits per heavy atom. The van der Waals surface area contributed by atoms with E-state index < -0.39 is 0 Å². The number of thioether (sulfide) groups is 1. The van der Waals surface area contributed by atoms with Crippen LogP contribution < -0.4 is 0 Å². The van der Waals surface area contributed by atoms with E-state index in [2.05, 4.69) is 27.1 Å². The van der Waals surface area contributed by atoms with Crippen LogP contribution in [0.4, 0.5) is 0 Å². The number of rotatable bonds is 7. The van der Waals surface area contributed by atoms with Gasteiger partial charge in [-0.3, -0.25) is 4.98 Å². The van der Waals surface area contributed by atoms with Crippen molar-refractivity contribution in [3.8, 4) is 11.5 Å². The predicted molar refractivity (Wildman–Crippen MR) is 108 cm³/mol. The number of pyridine rings is 2. The van der Waals surface area contributed by atoms with Crippen LogP contribution in [-0.4, -0.2) is 51.2 Å². The first-order chi connectivity index (χ1) is 13.2. The Hall–Kier alpha value is -2.61. The molecule has 0 aliphatic rings. The molecular weight excluding hydrogens is 362 g/mol. The highest BCUT2D eigenvalue weighted by Gasteiger charge is 2.15. The summed E-state index contributed by atoms with van der Waals surface area (Å²) in [4.78, 5) is 14.5. The molecule has 0 aliphatic carbocycles. The fourth-order valence-corrected chi connectivity index (χ4v) is 2.86. The maximum atomic E-state index is 5.37. The van der Waals surface area contributed by atoms with Crippen molar-refractivity contribution in [3.05, 3.63) is 47.3 Å². The monoisotopic (exact) mass is 385 g/mol. The third-order valence-electron chi connectivity index (χ3n) is 4.02. The molecule has 0 aromatic carbocycles. The second kappa shape index (κ2) is 8.85. The fourth-order valence-electron chi connectivity index (χ4n) is 2.61. The van der Waals surface area contributed by atoms with Crippen LogP contribution in [0.2, 0.25) is 0 Å². The average molecular weight is 385 g/mol. The average Bonchev–Trinajstić information content (AvgIpc) is 3.10. The van der Waals surface area contributed by atoms with Crippen molar-refractivity contribution in [1.82, 2.24) is 19.6 Å². The van der Waals surface area contributed by atoms with Gasteiger partial charge in [-0.25, -0.2) is 9.50 Å². The number of hydrogen-bond acceptors (Lipinski definition) is 7. The lowest BCUT2D eigenvalue weighted by atomic mass is 10.1. The van der Waals surface area contributed by atoms with Crippen LogP contribution >= 0.6 is 11.8 Å². The van der Waals surface area contributed by atoms with Gasteiger partial charge in [0.05, 0.1) is 12.7 Å². The number of aromatic nitrogens is 4. The number of hydrogen-bond donors (Lipinski definition) is 0. The summed E-state index contributed by atoms with van der Waals surface area (Å²) in [6, 6.07) is 6.00. The van der Waals surface area contributed by atoms with Gasteiger partial charge in [0, 0.05) is 18.1 Å². The van der Waals surface area contributed by atoms with E-state index in [9.17, 15) is 0 Å². The molecule has 0 amide bonds. The van der Waals surface area contributed by atoms with E-state index >= 15 is 0 Å². The minimum absolute atomic E-state index is 0.406. The summed E-state index contributed by atoms with van der Waals surface area (Å²) >= 11 is 1.70. The highest BCUT2D eigenvalue weighted by molar-refractivity contribution is 7.98. The van der Waals surface area contributed by atoms with Crippen LogP contribution in [0.25, 0.3) is 17.2 Å². The van der Waals surface area contributed by atoms with Crippen LogP contribution in [0.3, 0.4) is 0 Å². The lowest BCUT2D eigenvalue weighted by Gasteiger charge is -2.09. The zero-order valence-electron chi connectivity index (χ0n) is 16.0. The fraction of sp³-hybridized carbons (Fsp3) is 0.368. The molecule has 8 heteroatoms. The summed E-state index contributed by atoms with van der Waals surface area (Å²) in [5.41, 5.74) is 4.50. The molecule has 3 heterocycles. The summed E-state index contributed by atoms with van der Waals surface area (Å²) in [5.74, 6) is 1.89. The molecule has 27 heavy (non-hydrogen) atoms. The Balaban J connectivity index is 1.93. The molecular formula is C19H23N5O2S. The highest BCUT2D eigenvalue weighted by Crippen LogP contribution is 2.21. The molecule has 0 fully saturated rings. The Morgan fingerprint density at radius 3 is 2.93 bits per heavy atom. The maximum Gasteiger partial charge on any atom is 0.258 e. The maximum absolute atomic E-state index is 5.37. The van der Waals surface area contributed by atoms with Crippen LogP contribution in [0.5, 0.6) is 0 Å². The van der Waals surface area contributed by atoms with Gasteiger partial charge in [-0.05, 0) is 54.1 Å². The predicted octanol–water partition coefficient (Wildman–Crippen LogP) is 3.35. The first-order valence-corrected chi connectivity index (χ1v) is 10.1. The van der Waals surface area contributed by atoms with Crippen LogP contribution in [0.15, 0.2) is 35.7 Å². The van der Waals surface area contributed by atoms with E-state index in [1.54, 1.807) is 29.6 Å². The molecule has 142 valence electrons. The van der Waals surface area contributed by atoms with E-state index in [1.165, 1.54) is 0 Å². The number of ether oxygens (including phenoxy) is 1. The van der Waals surface area contributed by atoms with Crippen molar-refractivity contribution >= 4 is 23.3 Å². The summed E-state index contributed by atoms with van der Waals surface area (Å²) in [6.07, 6.45) is 6.43. The molecule has 0 spiro atoms. The highest BCUT2D eigenvalue weighted by atomic mass is 32.2. The summed E-state index contributed by atoms with van der Waals surface area (Å²) in [7, 11) is 1.57. The standard InChI is InChI=1S/C19H23N5O2S/c1-5-14-11-15(19(25-3)23-26-8-9-27-4)12-20-17(14)18-21-16-10-13(2)6-7-24(16)22-18/h6-7,10-12H,5,8-9H2,1-4H3/b23-19-. The van der Waals surface area contributed by atoms with Gasteiger partial charge >= 0.3 is 0 Å². The topological polar surface area (TPSA) is 73.9 Å². The quantitative estimate of drug-likeness (QED) is 0.269. The van der Waals surface area contributed by atoms with E-state index in [-0.39, 0.29) is 0 Å². The molecule has 0 N–H and O–H groups in total.